The molecular weight excluding hydrogens is 294 g/mol. The third kappa shape index (κ3) is 7.30. The van der Waals surface area contributed by atoms with E-state index in [1.165, 1.54) is 0 Å². The van der Waals surface area contributed by atoms with E-state index in [1.807, 2.05) is 31.2 Å². The molecule has 1 unspecified atom stereocenters. The Balaban J connectivity index is 2.72. The van der Waals surface area contributed by atoms with E-state index in [2.05, 4.69) is 24.2 Å². The summed E-state index contributed by atoms with van der Waals surface area (Å²) < 4.78 is 26.1. The Bertz CT molecular complexity index is 550. The summed E-state index contributed by atoms with van der Waals surface area (Å²) in [6, 6.07) is 7.79. The smallest absolute Gasteiger partial charge is 0.257 e. The van der Waals surface area contributed by atoms with Crippen LogP contribution in [-0.4, -0.2) is 37.0 Å². The summed E-state index contributed by atoms with van der Waals surface area (Å²) in [5, 5.41) is 3.41. The van der Waals surface area contributed by atoms with E-state index in [4.69, 9.17) is 6.42 Å². The first kappa shape index (κ1) is 19.2. The van der Waals surface area contributed by atoms with Crippen molar-refractivity contribution in [3.63, 3.8) is 0 Å². The van der Waals surface area contributed by atoms with Crippen molar-refractivity contribution in [2.45, 2.75) is 39.2 Å². The van der Waals surface area contributed by atoms with Gasteiger partial charge in [-0.3, -0.25) is 4.90 Å². The highest BCUT2D eigenvalue weighted by Crippen LogP contribution is 2.16. The molecule has 0 amide bonds. The van der Waals surface area contributed by atoms with Crippen LogP contribution in [0.15, 0.2) is 30.3 Å². The zero-order valence-corrected chi connectivity index (χ0v) is 14.4. The van der Waals surface area contributed by atoms with Crippen LogP contribution in [0.3, 0.4) is 0 Å². The lowest BCUT2D eigenvalue weighted by atomic mass is 10.1. The molecular formula is C19H26F2N2. The summed E-state index contributed by atoms with van der Waals surface area (Å²) in [5.41, 5.74) is 2.88. The fraction of sp³-hybridized carbons (Fsp3) is 0.474. The predicted molar refractivity (Wildman–Crippen MR) is 93.4 cm³/mol. The van der Waals surface area contributed by atoms with Gasteiger partial charge in [-0.2, -0.15) is 0 Å². The van der Waals surface area contributed by atoms with Crippen molar-refractivity contribution in [3.05, 3.63) is 41.5 Å². The van der Waals surface area contributed by atoms with E-state index in [1.54, 1.807) is 11.9 Å². The minimum atomic E-state index is -2.68. The van der Waals surface area contributed by atoms with E-state index in [9.17, 15) is 8.78 Å². The molecule has 0 aromatic heterocycles. The van der Waals surface area contributed by atoms with E-state index < -0.39 is 5.92 Å². The molecule has 0 bridgehead atoms. The van der Waals surface area contributed by atoms with Crippen LogP contribution < -0.4 is 5.32 Å². The lowest BCUT2D eigenvalue weighted by Gasteiger charge is -2.26. The van der Waals surface area contributed by atoms with Gasteiger partial charge in [-0.15, -0.1) is 6.42 Å². The highest BCUT2D eigenvalue weighted by molar-refractivity contribution is 5.64. The molecule has 0 heterocycles. The average Bonchev–Trinajstić information content (AvgIpc) is 2.44. The number of terminal acetylenes is 1. The van der Waals surface area contributed by atoms with Gasteiger partial charge >= 0.3 is 0 Å². The van der Waals surface area contributed by atoms with Gasteiger partial charge in [0.15, 0.2) is 0 Å². The Morgan fingerprint density at radius 2 is 2.00 bits per heavy atom. The second kappa shape index (κ2) is 8.69. The summed E-state index contributed by atoms with van der Waals surface area (Å²) in [6.45, 7) is 5.28. The Labute approximate surface area is 138 Å². The Hall–Kier alpha value is -1.86. The molecule has 0 aliphatic rings. The van der Waals surface area contributed by atoms with Crippen LogP contribution in [0, 0.1) is 12.3 Å². The number of hydrogen-bond acceptors (Lipinski definition) is 2. The molecule has 2 nitrogen and oxygen atoms in total. The first-order valence-corrected chi connectivity index (χ1v) is 7.85. The van der Waals surface area contributed by atoms with Crippen LogP contribution in [0.1, 0.15) is 38.3 Å². The molecule has 0 aliphatic carbocycles. The third-order valence-corrected chi connectivity index (χ3v) is 3.31. The SMILES string of the molecule is C#Cc1ccc(/C(=C/CC)NC(C)CN(C)CC(C)(F)F)cc1. The van der Waals surface area contributed by atoms with E-state index >= 15 is 0 Å². The molecule has 1 aromatic rings. The molecule has 0 saturated carbocycles. The lowest BCUT2D eigenvalue weighted by molar-refractivity contribution is -0.00898. The Kier molecular flexibility index (Phi) is 7.25. The van der Waals surface area contributed by atoms with E-state index in [0.29, 0.717) is 6.54 Å². The fourth-order valence-electron chi connectivity index (χ4n) is 2.53. The highest BCUT2D eigenvalue weighted by Gasteiger charge is 2.24. The van der Waals surface area contributed by atoms with Crippen molar-refractivity contribution >= 4 is 5.70 Å². The van der Waals surface area contributed by atoms with Crippen molar-refractivity contribution in [1.82, 2.24) is 10.2 Å². The van der Waals surface area contributed by atoms with Crippen molar-refractivity contribution in [2.24, 2.45) is 0 Å². The molecule has 4 heteroatoms. The fourth-order valence-corrected chi connectivity index (χ4v) is 2.53. The van der Waals surface area contributed by atoms with Crippen LogP contribution in [0.4, 0.5) is 8.78 Å². The maximum Gasteiger partial charge on any atom is 0.257 e. The third-order valence-electron chi connectivity index (χ3n) is 3.31. The van der Waals surface area contributed by atoms with Crippen LogP contribution >= 0.6 is 0 Å². The average molecular weight is 320 g/mol. The second-order valence-electron chi connectivity index (χ2n) is 6.06. The van der Waals surface area contributed by atoms with Crippen molar-refractivity contribution in [1.29, 1.82) is 0 Å². The van der Waals surface area contributed by atoms with Gasteiger partial charge in [-0.25, -0.2) is 8.78 Å². The summed E-state index contributed by atoms with van der Waals surface area (Å²) in [4.78, 5) is 1.64. The highest BCUT2D eigenvalue weighted by atomic mass is 19.3. The zero-order chi connectivity index (χ0) is 17.5. The molecule has 0 radical (unpaired) electrons. The van der Waals surface area contributed by atoms with E-state index in [0.717, 1.165) is 30.2 Å². The Morgan fingerprint density at radius 3 is 2.48 bits per heavy atom. The number of benzene rings is 1. The Morgan fingerprint density at radius 1 is 1.39 bits per heavy atom. The molecule has 0 fully saturated rings. The van der Waals surface area contributed by atoms with Gasteiger partial charge in [0.2, 0.25) is 0 Å². The molecule has 1 atom stereocenters. The topological polar surface area (TPSA) is 15.3 Å². The van der Waals surface area contributed by atoms with Gasteiger partial charge in [0.05, 0.1) is 6.54 Å². The minimum absolute atomic E-state index is 0.0486. The first-order valence-electron chi connectivity index (χ1n) is 7.85. The van der Waals surface area contributed by atoms with Gasteiger partial charge in [0.25, 0.3) is 5.92 Å². The second-order valence-corrected chi connectivity index (χ2v) is 6.06. The maximum atomic E-state index is 13.1. The summed E-state index contributed by atoms with van der Waals surface area (Å²) in [5.74, 6) is -0.0828. The van der Waals surface area contributed by atoms with Crippen molar-refractivity contribution in [2.75, 3.05) is 20.1 Å². The molecule has 23 heavy (non-hydrogen) atoms. The quantitative estimate of drug-likeness (QED) is 0.729. The van der Waals surface area contributed by atoms with Crippen molar-refractivity contribution in [3.8, 4) is 12.3 Å². The summed E-state index contributed by atoms with van der Waals surface area (Å²) in [7, 11) is 1.71. The van der Waals surface area contributed by atoms with Crippen molar-refractivity contribution < 1.29 is 8.78 Å². The van der Waals surface area contributed by atoms with Crippen LogP contribution in [0.25, 0.3) is 5.70 Å². The number of rotatable bonds is 8. The predicted octanol–water partition coefficient (Wildman–Crippen LogP) is 3.98. The maximum absolute atomic E-state index is 13.1. The van der Waals surface area contributed by atoms with Gasteiger partial charge in [0.1, 0.15) is 0 Å². The van der Waals surface area contributed by atoms with E-state index in [-0.39, 0.29) is 12.6 Å². The molecule has 1 aromatic carbocycles. The molecule has 1 rings (SSSR count). The molecule has 1 N–H and O–H groups in total. The minimum Gasteiger partial charge on any atom is -0.381 e. The molecule has 126 valence electrons. The molecule has 0 spiro atoms. The van der Waals surface area contributed by atoms with Crippen LogP contribution in [0.2, 0.25) is 0 Å². The number of hydrogen-bond donors (Lipinski definition) is 1. The molecule has 0 aliphatic heterocycles. The largest absolute Gasteiger partial charge is 0.381 e. The monoisotopic (exact) mass is 320 g/mol. The first-order chi connectivity index (χ1) is 10.7. The number of nitrogens with one attached hydrogen (secondary N) is 1. The van der Waals surface area contributed by atoms with Crippen LogP contribution in [-0.2, 0) is 0 Å². The number of allylic oxidation sites excluding steroid dienone is 1. The zero-order valence-electron chi connectivity index (χ0n) is 14.4. The van der Waals surface area contributed by atoms with Gasteiger partial charge in [0, 0.05) is 30.8 Å². The number of alkyl halides is 2. The van der Waals surface area contributed by atoms with Gasteiger partial charge < -0.3 is 5.32 Å². The standard InChI is InChI=1S/C19H26F2N2/c1-6-8-18(17-11-9-16(7-2)10-12-17)22-15(3)13-23(5)14-19(4,20)21/h2,8-12,15,22H,6,13-14H2,1,3-5H3/b18-8-. The van der Waals surface area contributed by atoms with Gasteiger partial charge in [-0.05, 0) is 38.1 Å². The van der Waals surface area contributed by atoms with Gasteiger partial charge in [-0.1, -0.05) is 31.1 Å². The normalized spacial score (nSPS) is 13.7. The lowest BCUT2D eigenvalue weighted by Crippen LogP contribution is -2.41. The molecule has 0 saturated heterocycles. The summed E-state index contributed by atoms with van der Waals surface area (Å²) in [6.07, 6.45) is 8.35. The summed E-state index contributed by atoms with van der Waals surface area (Å²) >= 11 is 0. The number of halogens is 2. The number of nitrogens with zero attached hydrogens (tertiary/aromatic N) is 1. The number of likely N-dealkylation sites (N-methyl/N-ethyl adjacent to an activating group) is 1. The van der Waals surface area contributed by atoms with Crippen LogP contribution in [0.5, 0.6) is 0 Å².